The van der Waals surface area contributed by atoms with Crippen molar-refractivity contribution in [1.82, 2.24) is 9.55 Å². The molecule has 2 aromatic rings. The van der Waals surface area contributed by atoms with Gasteiger partial charge in [0.25, 0.3) is 11.2 Å². The van der Waals surface area contributed by atoms with Crippen LogP contribution in [0.15, 0.2) is 29.1 Å². The van der Waals surface area contributed by atoms with Crippen LogP contribution in [0.25, 0.3) is 11.1 Å². The number of aromatic nitrogens is 2. The summed E-state index contributed by atoms with van der Waals surface area (Å²) in [7, 11) is 1.52. The number of benzene rings is 1. The van der Waals surface area contributed by atoms with E-state index in [4.69, 9.17) is 0 Å². The number of nitrogens with zero attached hydrogens (tertiary/aromatic N) is 2. The monoisotopic (exact) mass is 324 g/mol. The summed E-state index contributed by atoms with van der Waals surface area (Å²) in [6.45, 7) is 6.40. The lowest BCUT2D eigenvalue weighted by Gasteiger charge is -2.17. The molecule has 0 saturated carbocycles. The zero-order chi connectivity index (χ0) is 16.5. The molecule has 1 heterocycles. The Hall–Kier alpha value is -1.61. The molecule has 0 radical (unpaired) electrons. The van der Waals surface area contributed by atoms with Gasteiger partial charge in [-0.2, -0.15) is 13.8 Å². The van der Waals surface area contributed by atoms with Crippen LogP contribution >= 0.6 is 9.24 Å². The zero-order valence-electron chi connectivity index (χ0n) is 12.9. The van der Waals surface area contributed by atoms with Crippen molar-refractivity contribution in [1.29, 1.82) is 0 Å². The summed E-state index contributed by atoms with van der Waals surface area (Å²) < 4.78 is 28.9. The van der Waals surface area contributed by atoms with E-state index in [1.807, 2.05) is 25.3 Å². The van der Waals surface area contributed by atoms with Gasteiger partial charge in [0.1, 0.15) is 5.82 Å². The summed E-state index contributed by atoms with van der Waals surface area (Å²) in [6.07, 6.45) is 0.647. The molecule has 0 fully saturated rings. The molecule has 0 N–H and O–H groups in total. The quantitative estimate of drug-likeness (QED) is 0.803. The lowest BCUT2D eigenvalue weighted by molar-refractivity contribution is 0.104. The Bertz CT molecular complexity index is 751. The summed E-state index contributed by atoms with van der Waals surface area (Å²) >= 11 is 0. The Morgan fingerprint density at radius 1 is 1.32 bits per heavy atom. The second kappa shape index (κ2) is 6.25. The van der Waals surface area contributed by atoms with E-state index in [0.717, 1.165) is 5.69 Å². The Morgan fingerprint density at radius 3 is 2.55 bits per heavy atom. The summed E-state index contributed by atoms with van der Waals surface area (Å²) in [6, 6.07) is 5.89. The van der Waals surface area contributed by atoms with Gasteiger partial charge in [0.05, 0.1) is 5.56 Å². The Labute approximate surface area is 130 Å². The van der Waals surface area contributed by atoms with Crippen LogP contribution < -0.4 is 5.56 Å². The second-order valence-corrected chi connectivity index (χ2v) is 5.82. The number of hydrogen-bond acceptors (Lipinski definition) is 2. The molecule has 0 aliphatic carbocycles. The lowest BCUT2D eigenvalue weighted by atomic mass is 10.0. The van der Waals surface area contributed by atoms with Gasteiger partial charge in [0.15, 0.2) is 0 Å². The third-order valence-electron chi connectivity index (χ3n) is 3.69. The Morgan fingerprint density at radius 2 is 2.00 bits per heavy atom. The zero-order valence-corrected chi connectivity index (χ0v) is 14.0. The molecule has 0 saturated heterocycles. The van der Waals surface area contributed by atoms with Crippen LogP contribution in [0.1, 0.15) is 30.9 Å². The van der Waals surface area contributed by atoms with Crippen LogP contribution in [-0.2, 0) is 18.6 Å². The van der Waals surface area contributed by atoms with E-state index in [2.05, 4.69) is 4.98 Å². The molecular weight excluding hydrogens is 305 g/mol. The van der Waals surface area contributed by atoms with Crippen molar-refractivity contribution in [3.05, 3.63) is 51.7 Å². The molecule has 118 valence electrons. The van der Waals surface area contributed by atoms with E-state index in [1.54, 1.807) is 6.07 Å². The molecule has 0 aliphatic rings. The van der Waals surface area contributed by atoms with Gasteiger partial charge < -0.3 is 4.57 Å². The Kier molecular flexibility index (Phi) is 4.76. The molecule has 3 nitrogen and oxygen atoms in total. The fraction of sp³-hybridized carbons (Fsp3) is 0.375. The van der Waals surface area contributed by atoms with Gasteiger partial charge in [0.2, 0.25) is 0 Å². The third kappa shape index (κ3) is 3.09. The molecule has 1 aromatic carbocycles. The highest BCUT2D eigenvalue weighted by molar-refractivity contribution is 7.17. The number of halogens is 2. The summed E-state index contributed by atoms with van der Waals surface area (Å²) in [4.78, 5) is 16.4. The topological polar surface area (TPSA) is 34.9 Å². The maximum absolute atomic E-state index is 13.5. The van der Waals surface area contributed by atoms with E-state index in [9.17, 15) is 13.6 Å². The van der Waals surface area contributed by atoms with Gasteiger partial charge in [-0.05, 0) is 25.5 Å². The smallest absolute Gasteiger partial charge is 0.283 e. The van der Waals surface area contributed by atoms with Crippen molar-refractivity contribution in [3.8, 4) is 11.1 Å². The molecule has 22 heavy (non-hydrogen) atoms. The van der Waals surface area contributed by atoms with Gasteiger partial charge in [-0.3, -0.25) is 4.79 Å². The molecular formula is C16H19F2N2OP. The highest BCUT2D eigenvalue weighted by Gasteiger charge is 2.25. The van der Waals surface area contributed by atoms with E-state index in [0.29, 0.717) is 29.9 Å². The summed E-state index contributed by atoms with van der Waals surface area (Å²) in [5.74, 6) is 0.710. The summed E-state index contributed by atoms with van der Waals surface area (Å²) in [5.41, 5.74) is -1.93. The van der Waals surface area contributed by atoms with Crippen LogP contribution in [0, 0.1) is 6.92 Å². The SMILES string of the molecule is CCc1nc(=O)c(-c2cccc(C(F)(F)P)c2)c(C)n1CC. The van der Waals surface area contributed by atoms with Gasteiger partial charge in [-0.15, -0.1) is 0 Å². The van der Waals surface area contributed by atoms with Crippen molar-refractivity contribution in [2.24, 2.45) is 0 Å². The van der Waals surface area contributed by atoms with Crippen LogP contribution in [0.2, 0.25) is 0 Å². The van der Waals surface area contributed by atoms with Crippen molar-refractivity contribution in [3.63, 3.8) is 0 Å². The fourth-order valence-electron chi connectivity index (χ4n) is 2.62. The standard InChI is InChI=1S/C16H19F2N2OP/c1-4-13-19-15(21)14(10(3)20(13)5-2)11-7-6-8-12(9-11)16(17,18)22/h6-9H,4-5,22H2,1-3H3. The van der Waals surface area contributed by atoms with E-state index in [-0.39, 0.29) is 11.1 Å². The van der Waals surface area contributed by atoms with E-state index < -0.39 is 5.66 Å². The molecule has 2 rings (SSSR count). The second-order valence-electron chi connectivity index (χ2n) is 5.10. The predicted octanol–water partition coefficient (Wildman–Crippen LogP) is 3.73. The maximum atomic E-state index is 13.5. The third-order valence-corrected chi connectivity index (χ3v) is 4.02. The highest BCUT2D eigenvalue weighted by atomic mass is 31.0. The van der Waals surface area contributed by atoms with Gasteiger partial charge in [-0.1, -0.05) is 34.4 Å². The summed E-state index contributed by atoms with van der Waals surface area (Å²) in [5, 5.41) is 0. The minimum atomic E-state index is -3.02. The van der Waals surface area contributed by atoms with Crippen molar-refractivity contribution >= 4 is 9.24 Å². The van der Waals surface area contributed by atoms with Crippen LogP contribution in [0.4, 0.5) is 8.78 Å². The average molecular weight is 324 g/mol. The number of rotatable bonds is 4. The first kappa shape index (κ1) is 16.8. The molecule has 0 amide bonds. The predicted molar refractivity (Wildman–Crippen MR) is 87.3 cm³/mol. The van der Waals surface area contributed by atoms with Gasteiger partial charge >= 0.3 is 0 Å². The molecule has 1 atom stereocenters. The molecule has 0 spiro atoms. The van der Waals surface area contributed by atoms with Crippen LogP contribution in [-0.4, -0.2) is 9.55 Å². The van der Waals surface area contributed by atoms with Crippen LogP contribution in [0.5, 0.6) is 0 Å². The fourth-order valence-corrected chi connectivity index (χ4v) is 2.80. The van der Waals surface area contributed by atoms with Crippen molar-refractivity contribution in [2.75, 3.05) is 0 Å². The minimum Gasteiger partial charge on any atom is -0.333 e. The first-order valence-corrected chi connectivity index (χ1v) is 7.75. The average Bonchev–Trinajstić information content (AvgIpc) is 2.46. The lowest BCUT2D eigenvalue weighted by Crippen LogP contribution is -2.22. The number of aryl methyl sites for hydroxylation is 1. The largest absolute Gasteiger partial charge is 0.333 e. The van der Waals surface area contributed by atoms with Crippen molar-refractivity contribution in [2.45, 2.75) is 39.4 Å². The Balaban J connectivity index is 2.71. The maximum Gasteiger partial charge on any atom is 0.283 e. The molecule has 1 unspecified atom stereocenters. The number of hydrogen-bond donors (Lipinski definition) is 0. The number of alkyl halides is 2. The highest BCUT2D eigenvalue weighted by Crippen LogP contribution is 2.36. The molecule has 0 bridgehead atoms. The van der Waals surface area contributed by atoms with Crippen molar-refractivity contribution < 1.29 is 8.78 Å². The molecule has 0 aliphatic heterocycles. The van der Waals surface area contributed by atoms with Crippen LogP contribution in [0.3, 0.4) is 0 Å². The molecule has 1 aromatic heterocycles. The van der Waals surface area contributed by atoms with Gasteiger partial charge in [-0.25, -0.2) is 0 Å². The first-order valence-electron chi connectivity index (χ1n) is 7.17. The minimum absolute atomic E-state index is 0.142. The first-order chi connectivity index (χ1) is 10.3. The normalized spacial score (nSPS) is 11.7. The van der Waals surface area contributed by atoms with Gasteiger partial charge in [0, 0.05) is 24.2 Å². The van der Waals surface area contributed by atoms with E-state index in [1.165, 1.54) is 27.4 Å². The van der Waals surface area contributed by atoms with E-state index >= 15 is 0 Å². The molecule has 6 heteroatoms.